The van der Waals surface area contributed by atoms with Gasteiger partial charge < -0.3 is 4.98 Å². The minimum Gasteiger partial charge on any atom is -0.309 e. The molecule has 2 aromatic heterocycles. The Hall–Kier alpha value is -1.20. The van der Waals surface area contributed by atoms with Gasteiger partial charge in [0, 0.05) is 11.4 Å². The van der Waals surface area contributed by atoms with E-state index < -0.39 is 0 Å². The lowest BCUT2D eigenvalue weighted by atomic mass is 9.97. The molecule has 1 N–H and O–H groups in total. The second-order valence-corrected chi connectivity index (χ2v) is 7.97. The molecule has 22 heavy (non-hydrogen) atoms. The molecule has 4 rings (SSSR count). The minimum atomic E-state index is 0.0736. The molecule has 1 aliphatic carbocycles. The molecule has 3 heterocycles. The van der Waals surface area contributed by atoms with Crippen molar-refractivity contribution in [2.75, 3.05) is 13.1 Å². The predicted molar refractivity (Wildman–Crippen MR) is 90.6 cm³/mol. The van der Waals surface area contributed by atoms with Crippen molar-refractivity contribution in [2.45, 2.75) is 52.0 Å². The van der Waals surface area contributed by atoms with Gasteiger partial charge >= 0.3 is 0 Å². The maximum Gasteiger partial charge on any atom is 0.259 e. The Kier molecular flexibility index (Phi) is 3.78. The zero-order valence-corrected chi connectivity index (χ0v) is 14.0. The van der Waals surface area contributed by atoms with Crippen molar-refractivity contribution < 1.29 is 0 Å². The van der Waals surface area contributed by atoms with Crippen LogP contribution in [-0.2, 0) is 19.4 Å². The van der Waals surface area contributed by atoms with Crippen LogP contribution in [0, 0.1) is 5.92 Å². The molecule has 0 amide bonds. The third-order valence-corrected chi connectivity index (χ3v) is 6.17. The number of likely N-dealkylation sites (tertiary alicyclic amines) is 1. The number of rotatable bonds is 2. The van der Waals surface area contributed by atoms with Gasteiger partial charge in [-0.15, -0.1) is 11.3 Å². The highest BCUT2D eigenvalue weighted by atomic mass is 32.1. The van der Waals surface area contributed by atoms with Crippen LogP contribution in [-0.4, -0.2) is 28.0 Å². The summed E-state index contributed by atoms with van der Waals surface area (Å²) in [5, 5.41) is 0.871. The second kappa shape index (κ2) is 5.78. The number of fused-ring (bicyclic) bond motifs is 3. The van der Waals surface area contributed by atoms with Crippen molar-refractivity contribution in [3.63, 3.8) is 0 Å². The lowest BCUT2D eigenvalue weighted by Crippen LogP contribution is -2.34. The van der Waals surface area contributed by atoms with Crippen molar-refractivity contribution >= 4 is 21.6 Å². The minimum absolute atomic E-state index is 0.0736. The number of H-pyrrole nitrogens is 1. The van der Waals surface area contributed by atoms with E-state index in [2.05, 4.69) is 16.8 Å². The van der Waals surface area contributed by atoms with E-state index in [9.17, 15) is 4.79 Å². The van der Waals surface area contributed by atoms with Crippen LogP contribution in [0.4, 0.5) is 0 Å². The van der Waals surface area contributed by atoms with Gasteiger partial charge in [0.05, 0.1) is 11.9 Å². The molecule has 0 radical (unpaired) electrons. The number of thiophene rings is 1. The first-order chi connectivity index (χ1) is 10.7. The lowest BCUT2D eigenvalue weighted by Gasteiger charge is -2.30. The Balaban J connectivity index is 1.67. The average molecular weight is 317 g/mol. The Morgan fingerprint density at radius 2 is 2.18 bits per heavy atom. The fourth-order valence-electron chi connectivity index (χ4n) is 3.93. The van der Waals surface area contributed by atoms with E-state index in [1.54, 1.807) is 11.3 Å². The van der Waals surface area contributed by atoms with Crippen molar-refractivity contribution in [1.29, 1.82) is 0 Å². The summed E-state index contributed by atoms with van der Waals surface area (Å²) in [7, 11) is 0. The SMILES string of the molecule is C[C@H]1CCCN(Cc2nc3sc4c(c3c(=O)[nH]2)CCCC4)C1. The van der Waals surface area contributed by atoms with Crippen molar-refractivity contribution in [3.8, 4) is 0 Å². The first kappa shape index (κ1) is 14.4. The normalized spacial score (nSPS) is 22.9. The summed E-state index contributed by atoms with van der Waals surface area (Å²) in [6.45, 7) is 5.31. The van der Waals surface area contributed by atoms with Gasteiger partial charge in [-0.1, -0.05) is 6.92 Å². The Morgan fingerprint density at radius 3 is 3.05 bits per heavy atom. The van der Waals surface area contributed by atoms with E-state index in [0.29, 0.717) is 0 Å². The van der Waals surface area contributed by atoms with Crippen molar-refractivity contribution in [2.24, 2.45) is 5.92 Å². The third kappa shape index (κ3) is 2.61. The molecule has 0 unspecified atom stereocenters. The summed E-state index contributed by atoms with van der Waals surface area (Å²) in [6, 6.07) is 0. The van der Waals surface area contributed by atoms with E-state index in [1.165, 1.54) is 36.1 Å². The van der Waals surface area contributed by atoms with Crippen LogP contribution < -0.4 is 5.56 Å². The molecule has 0 aromatic carbocycles. The average Bonchev–Trinajstić information content (AvgIpc) is 2.85. The molecular formula is C17H23N3OS. The maximum absolute atomic E-state index is 12.5. The van der Waals surface area contributed by atoms with Gasteiger partial charge in [0.2, 0.25) is 0 Å². The molecule has 2 aliphatic rings. The van der Waals surface area contributed by atoms with Crippen LogP contribution in [0.15, 0.2) is 4.79 Å². The molecule has 1 aliphatic heterocycles. The van der Waals surface area contributed by atoms with Crippen LogP contribution in [0.25, 0.3) is 10.2 Å². The maximum atomic E-state index is 12.5. The summed E-state index contributed by atoms with van der Waals surface area (Å²) in [5.74, 6) is 1.59. The highest BCUT2D eigenvalue weighted by molar-refractivity contribution is 7.18. The first-order valence-electron chi connectivity index (χ1n) is 8.46. The van der Waals surface area contributed by atoms with Crippen molar-refractivity contribution in [1.82, 2.24) is 14.9 Å². The van der Waals surface area contributed by atoms with Gasteiger partial charge in [-0.2, -0.15) is 0 Å². The standard InChI is InChI=1S/C17H23N3OS/c1-11-5-4-8-20(9-11)10-14-18-16(21)15-12-6-2-3-7-13(12)22-17(15)19-14/h11H,2-10H2,1H3,(H,18,19,21)/t11-/m0/s1. The molecule has 0 spiro atoms. The molecular weight excluding hydrogens is 294 g/mol. The number of aromatic nitrogens is 2. The van der Waals surface area contributed by atoms with Gasteiger partial charge in [-0.25, -0.2) is 4.98 Å². The zero-order chi connectivity index (χ0) is 15.1. The Labute approximate surface area is 134 Å². The fraction of sp³-hybridized carbons (Fsp3) is 0.647. The van der Waals surface area contributed by atoms with E-state index in [0.717, 1.165) is 54.4 Å². The number of hydrogen-bond acceptors (Lipinski definition) is 4. The quantitative estimate of drug-likeness (QED) is 0.926. The molecule has 118 valence electrons. The van der Waals surface area contributed by atoms with Gasteiger partial charge in [-0.3, -0.25) is 9.69 Å². The molecule has 4 nitrogen and oxygen atoms in total. The summed E-state index contributed by atoms with van der Waals surface area (Å²) < 4.78 is 0. The number of aromatic amines is 1. The monoisotopic (exact) mass is 317 g/mol. The van der Waals surface area contributed by atoms with Gasteiger partial charge in [0.1, 0.15) is 10.7 Å². The summed E-state index contributed by atoms with van der Waals surface area (Å²) in [5.41, 5.74) is 1.35. The molecule has 1 fully saturated rings. The van der Waals surface area contributed by atoms with Crippen molar-refractivity contribution in [3.05, 3.63) is 26.6 Å². The van der Waals surface area contributed by atoms with Crippen LogP contribution in [0.5, 0.6) is 0 Å². The van der Waals surface area contributed by atoms with Crippen LogP contribution in [0.3, 0.4) is 0 Å². The molecule has 2 aromatic rings. The van der Waals surface area contributed by atoms with E-state index in [4.69, 9.17) is 4.98 Å². The largest absolute Gasteiger partial charge is 0.309 e. The van der Waals surface area contributed by atoms with E-state index >= 15 is 0 Å². The number of nitrogens with zero attached hydrogens (tertiary/aromatic N) is 2. The highest BCUT2D eigenvalue weighted by Crippen LogP contribution is 2.33. The highest BCUT2D eigenvalue weighted by Gasteiger charge is 2.21. The Morgan fingerprint density at radius 1 is 1.32 bits per heavy atom. The number of nitrogens with one attached hydrogen (secondary N) is 1. The number of aryl methyl sites for hydroxylation is 2. The lowest BCUT2D eigenvalue weighted by molar-refractivity contribution is 0.173. The van der Waals surface area contributed by atoms with Crippen LogP contribution in [0.2, 0.25) is 0 Å². The Bertz CT molecular complexity index is 748. The van der Waals surface area contributed by atoms with Gasteiger partial charge in [-0.05, 0) is 56.6 Å². The van der Waals surface area contributed by atoms with Crippen LogP contribution in [0.1, 0.15) is 48.9 Å². The van der Waals surface area contributed by atoms with E-state index in [-0.39, 0.29) is 5.56 Å². The predicted octanol–water partition coefficient (Wildman–Crippen LogP) is 3.10. The smallest absolute Gasteiger partial charge is 0.259 e. The number of hydrogen-bond donors (Lipinski definition) is 1. The molecule has 0 saturated carbocycles. The topological polar surface area (TPSA) is 49.0 Å². The fourth-order valence-corrected chi connectivity index (χ4v) is 5.21. The van der Waals surface area contributed by atoms with Crippen LogP contribution >= 0.6 is 11.3 Å². The molecule has 1 atom stereocenters. The second-order valence-electron chi connectivity index (χ2n) is 6.89. The first-order valence-corrected chi connectivity index (χ1v) is 9.28. The summed E-state index contributed by atoms with van der Waals surface area (Å²) in [6.07, 6.45) is 7.18. The third-order valence-electron chi connectivity index (χ3n) is 4.99. The van der Waals surface area contributed by atoms with E-state index in [1.807, 2.05) is 0 Å². The molecule has 0 bridgehead atoms. The molecule has 1 saturated heterocycles. The summed E-state index contributed by atoms with van der Waals surface area (Å²) >= 11 is 1.74. The zero-order valence-electron chi connectivity index (χ0n) is 13.2. The van der Waals surface area contributed by atoms with Gasteiger partial charge in [0.25, 0.3) is 5.56 Å². The summed E-state index contributed by atoms with van der Waals surface area (Å²) in [4.78, 5) is 25.1. The van der Waals surface area contributed by atoms with Gasteiger partial charge in [0.15, 0.2) is 0 Å². The number of piperidine rings is 1. The molecule has 5 heteroatoms.